The van der Waals surface area contributed by atoms with Crippen molar-refractivity contribution in [3.05, 3.63) is 0 Å². The van der Waals surface area contributed by atoms with E-state index in [1.165, 1.54) is 14.2 Å². The van der Waals surface area contributed by atoms with E-state index in [0.29, 0.717) is 19.3 Å². The van der Waals surface area contributed by atoms with Gasteiger partial charge in [-0.05, 0) is 25.2 Å². The van der Waals surface area contributed by atoms with E-state index in [2.05, 4.69) is 0 Å². The van der Waals surface area contributed by atoms with Crippen LogP contribution in [0.4, 0.5) is 0 Å². The maximum atomic E-state index is 11.9. The molecule has 0 unspecified atom stereocenters. The van der Waals surface area contributed by atoms with Crippen LogP contribution in [0.2, 0.25) is 0 Å². The van der Waals surface area contributed by atoms with Crippen molar-refractivity contribution in [3.8, 4) is 0 Å². The molecule has 2 atom stereocenters. The zero-order chi connectivity index (χ0) is 12.3. The van der Waals surface area contributed by atoms with Gasteiger partial charge in [-0.3, -0.25) is 9.59 Å². The lowest BCUT2D eigenvalue weighted by molar-refractivity contribution is -0.156. The van der Waals surface area contributed by atoms with Gasteiger partial charge < -0.3 is 9.47 Å². The van der Waals surface area contributed by atoms with Crippen molar-refractivity contribution in [3.63, 3.8) is 0 Å². The predicted molar refractivity (Wildman–Crippen MR) is 58.6 cm³/mol. The van der Waals surface area contributed by atoms with Crippen molar-refractivity contribution >= 4 is 11.9 Å². The number of rotatable bonds is 3. The number of hydrogen-bond acceptors (Lipinski definition) is 4. The summed E-state index contributed by atoms with van der Waals surface area (Å²) in [5.41, 5.74) is -0.506. The van der Waals surface area contributed by atoms with E-state index in [0.717, 1.165) is 0 Å². The smallest absolute Gasteiger partial charge is 0.312 e. The van der Waals surface area contributed by atoms with Crippen molar-refractivity contribution in [2.24, 2.45) is 17.3 Å². The first kappa shape index (κ1) is 13.0. The molecule has 92 valence electrons. The molecule has 0 saturated heterocycles. The highest BCUT2D eigenvalue weighted by molar-refractivity contribution is 5.80. The van der Waals surface area contributed by atoms with Gasteiger partial charge in [0.25, 0.3) is 0 Å². The van der Waals surface area contributed by atoms with Crippen LogP contribution in [-0.4, -0.2) is 26.2 Å². The number of carbonyl (C=O) groups excluding carboxylic acids is 2. The zero-order valence-electron chi connectivity index (χ0n) is 10.4. The standard InChI is InChI=1S/C12H20O4/c1-8(2)12(11(14)16-4)6-5-9(7-12)10(13)15-3/h8-9H,5-7H2,1-4H3/t9-,12+/m1/s1. The summed E-state index contributed by atoms with van der Waals surface area (Å²) >= 11 is 0. The molecular weight excluding hydrogens is 208 g/mol. The van der Waals surface area contributed by atoms with Crippen molar-refractivity contribution in [2.75, 3.05) is 14.2 Å². The third-order valence-corrected chi connectivity index (χ3v) is 3.78. The molecule has 0 aliphatic heterocycles. The van der Waals surface area contributed by atoms with Crippen molar-refractivity contribution in [1.82, 2.24) is 0 Å². The van der Waals surface area contributed by atoms with Gasteiger partial charge in [-0.15, -0.1) is 0 Å². The molecule has 0 aromatic carbocycles. The van der Waals surface area contributed by atoms with E-state index in [-0.39, 0.29) is 23.8 Å². The maximum Gasteiger partial charge on any atom is 0.312 e. The topological polar surface area (TPSA) is 52.6 Å². The Morgan fingerprint density at radius 1 is 1.25 bits per heavy atom. The molecule has 1 fully saturated rings. The molecule has 0 aromatic heterocycles. The summed E-state index contributed by atoms with van der Waals surface area (Å²) in [6, 6.07) is 0. The second-order valence-corrected chi connectivity index (χ2v) is 4.77. The number of esters is 2. The Labute approximate surface area is 96.3 Å². The molecule has 0 N–H and O–H groups in total. The Morgan fingerprint density at radius 2 is 1.88 bits per heavy atom. The summed E-state index contributed by atoms with van der Waals surface area (Å²) in [5, 5.41) is 0. The molecule has 0 amide bonds. The van der Waals surface area contributed by atoms with E-state index >= 15 is 0 Å². The van der Waals surface area contributed by atoms with Gasteiger partial charge in [0.15, 0.2) is 0 Å². The molecule has 1 aliphatic carbocycles. The minimum Gasteiger partial charge on any atom is -0.469 e. The van der Waals surface area contributed by atoms with Crippen LogP contribution < -0.4 is 0 Å². The lowest BCUT2D eigenvalue weighted by Gasteiger charge is -2.30. The minimum atomic E-state index is -0.506. The molecule has 1 saturated carbocycles. The molecule has 0 bridgehead atoms. The fourth-order valence-electron chi connectivity index (χ4n) is 2.59. The van der Waals surface area contributed by atoms with Gasteiger partial charge in [0.2, 0.25) is 0 Å². The molecule has 0 heterocycles. The van der Waals surface area contributed by atoms with Crippen LogP contribution >= 0.6 is 0 Å². The number of methoxy groups -OCH3 is 2. The minimum absolute atomic E-state index is 0.161. The summed E-state index contributed by atoms with van der Waals surface area (Å²) in [7, 11) is 2.79. The first-order chi connectivity index (χ1) is 7.47. The van der Waals surface area contributed by atoms with Crippen LogP contribution in [0.1, 0.15) is 33.1 Å². The van der Waals surface area contributed by atoms with Crippen LogP contribution in [0, 0.1) is 17.3 Å². The van der Waals surface area contributed by atoms with Gasteiger partial charge in [0.1, 0.15) is 0 Å². The molecule has 4 heteroatoms. The van der Waals surface area contributed by atoms with Gasteiger partial charge in [-0.2, -0.15) is 0 Å². The molecule has 1 rings (SSSR count). The highest BCUT2D eigenvalue weighted by atomic mass is 16.5. The predicted octanol–water partition coefficient (Wildman–Crippen LogP) is 1.77. The fraction of sp³-hybridized carbons (Fsp3) is 0.833. The number of hydrogen-bond donors (Lipinski definition) is 0. The van der Waals surface area contributed by atoms with E-state index in [1.807, 2.05) is 13.8 Å². The monoisotopic (exact) mass is 228 g/mol. The molecule has 4 nitrogen and oxygen atoms in total. The van der Waals surface area contributed by atoms with Crippen LogP contribution in [0.25, 0.3) is 0 Å². The first-order valence-electron chi connectivity index (χ1n) is 5.64. The Hall–Kier alpha value is -1.06. The lowest BCUT2D eigenvalue weighted by atomic mass is 9.75. The van der Waals surface area contributed by atoms with Crippen molar-refractivity contribution < 1.29 is 19.1 Å². The summed E-state index contributed by atoms with van der Waals surface area (Å²) in [6.45, 7) is 3.99. The molecule has 1 aliphatic rings. The fourth-order valence-corrected chi connectivity index (χ4v) is 2.59. The Bertz CT molecular complexity index is 285. The Kier molecular flexibility index (Phi) is 3.94. The summed E-state index contributed by atoms with van der Waals surface area (Å²) in [4.78, 5) is 23.3. The second-order valence-electron chi connectivity index (χ2n) is 4.77. The van der Waals surface area contributed by atoms with Gasteiger partial charge in [0.05, 0.1) is 25.6 Å². The first-order valence-corrected chi connectivity index (χ1v) is 5.64. The van der Waals surface area contributed by atoms with Gasteiger partial charge in [0, 0.05) is 0 Å². The summed E-state index contributed by atoms with van der Waals surface area (Å²) in [6.07, 6.45) is 1.96. The summed E-state index contributed by atoms with van der Waals surface area (Å²) in [5.74, 6) is -0.401. The van der Waals surface area contributed by atoms with Crippen molar-refractivity contribution in [1.29, 1.82) is 0 Å². The Morgan fingerprint density at radius 3 is 2.31 bits per heavy atom. The molecule has 0 radical (unpaired) electrons. The van der Waals surface area contributed by atoms with Crippen LogP contribution in [0.3, 0.4) is 0 Å². The van der Waals surface area contributed by atoms with Gasteiger partial charge >= 0.3 is 11.9 Å². The molecule has 0 aromatic rings. The van der Waals surface area contributed by atoms with Crippen molar-refractivity contribution in [2.45, 2.75) is 33.1 Å². The lowest BCUT2D eigenvalue weighted by Crippen LogP contribution is -2.35. The van der Waals surface area contributed by atoms with Gasteiger partial charge in [-0.25, -0.2) is 0 Å². The van der Waals surface area contributed by atoms with Gasteiger partial charge in [-0.1, -0.05) is 13.8 Å². The number of ether oxygens (including phenoxy) is 2. The highest BCUT2D eigenvalue weighted by Crippen LogP contribution is 2.48. The average Bonchev–Trinajstić information content (AvgIpc) is 2.73. The van der Waals surface area contributed by atoms with E-state index in [1.54, 1.807) is 0 Å². The van der Waals surface area contributed by atoms with Crippen LogP contribution in [0.15, 0.2) is 0 Å². The van der Waals surface area contributed by atoms with E-state index in [9.17, 15) is 9.59 Å². The Balaban J connectivity index is 2.85. The van der Waals surface area contributed by atoms with Crippen LogP contribution in [0.5, 0.6) is 0 Å². The third-order valence-electron chi connectivity index (χ3n) is 3.78. The second kappa shape index (κ2) is 4.85. The third kappa shape index (κ3) is 2.06. The average molecular weight is 228 g/mol. The largest absolute Gasteiger partial charge is 0.469 e. The SMILES string of the molecule is COC(=O)[C@@H]1CC[C@@](C(=O)OC)(C(C)C)C1. The van der Waals surface area contributed by atoms with E-state index < -0.39 is 5.41 Å². The molecular formula is C12H20O4. The molecule has 16 heavy (non-hydrogen) atoms. The normalized spacial score (nSPS) is 29.2. The quantitative estimate of drug-likeness (QED) is 0.691. The summed E-state index contributed by atoms with van der Waals surface area (Å²) < 4.78 is 9.60. The van der Waals surface area contributed by atoms with E-state index in [4.69, 9.17) is 9.47 Å². The zero-order valence-corrected chi connectivity index (χ0v) is 10.4. The maximum absolute atomic E-state index is 11.9. The molecule has 0 spiro atoms. The highest BCUT2D eigenvalue weighted by Gasteiger charge is 2.50. The number of carbonyl (C=O) groups is 2. The van der Waals surface area contributed by atoms with Crippen LogP contribution in [-0.2, 0) is 19.1 Å².